The Kier molecular flexibility index (Phi) is 5.25. The van der Waals surface area contributed by atoms with Crippen molar-refractivity contribution in [2.24, 2.45) is 0 Å². The van der Waals surface area contributed by atoms with Gasteiger partial charge in [0, 0.05) is 37.1 Å². The molecule has 2 nitrogen and oxygen atoms in total. The van der Waals surface area contributed by atoms with Crippen LogP contribution in [-0.4, -0.2) is 41.4 Å². The molecule has 2 rings (SSSR count). The van der Waals surface area contributed by atoms with Crippen LogP contribution >= 0.6 is 11.9 Å². The van der Waals surface area contributed by atoms with Crippen LogP contribution in [0.5, 0.6) is 0 Å². The van der Waals surface area contributed by atoms with E-state index in [1.54, 1.807) is 24.1 Å². The highest BCUT2D eigenvalue weighted by Crippen LogP contribution is 2.28. The van der Waals surface area contributed by atoms with E-state index in [1.807, 2.05) is 6.07 Å². The van der Waals surface area contributed by atoms with Crippen molar-refractivity contribution in [1.29, 1.82) is 0 Å². The predicted molar refractivity (Wildman–Crippen MR) is 79.9 cm³/mol. The van der Waals surface area contributed by atoms with Gasteiger partial charge in [0.2, 0.25) is 0 Å². The first-order chi connectivity index (χ1) is 9.10. The third kappa shape index (κ3) is 3.94. The van der Waals surface area contributed by atoms with Crippen LogP contribution in [0, 0.1) is 5.82 Å². The van der Waals surface area contributed by atoms with E-state index < -0.39 is 0 Å². The van der Waals surface area contributed by atoms with Crippen LogP contribution < -0.4 is 0 Å². The third-order valence-electron chi connectivity index (χ3n) is 3.64. The molecule has 19 heavy (non-hydrogen) atoms. The number of piperazine rings is 1. The minimum Gasteiger partial charge on any atom is -0.298 e. The number of rotatable bonds is 4. The molecule has 0 aromatic heterocycles. The van der Waals surface area contributed by atoms with Crippen LogP contribution in [0.3, 0.4) is 0 Å². The van der Waals surface area contributed by atoms with Crippen LogP contribution in [0.1, 0.15) is 26.3 Å². The van der Waals surface area contributed by atoms with E-state index in [0.29, 0.717) is 6.04 Å². The molecule has 0 bridgehead atoms. The van der Waals surface area contributed by atoms with Gasteiger partial charge in [0.05, 0.1) is 0 Å². The monoisotopic (exact) mass is 282 g/mol. The van der Waals surface area contributed by atoms with Gasteiger partial charge < -0.3 is 0 Å². The molecule has 0 N–H and O–H groups in total. The Labute approximate surface area is 120 Å². The average molecular weight is 282 g/mol. The molecule has 0 aliphatic carbocycles. The molecule has 1 saturated heterocycles. The Morgan fingerprint density at radius 3 is 2.47 bits per heavy atom. The summed E-state index contributed by atoms with van der Waals surface area (Å²) in [6, 6.07) is 5.74. The Morgan fingerprint density at radius 1 is 1.21 bits per heavy atom. The van der Waals surface area contributed by atoms with Crippen LogP contribution in [0.2, 0.25) is 0 Å². The molecule has 1 fully saturated rings. The molecule has 4 heteroatoms. The maximum absolute atomic E-state index is 13.4. The van der Waals surface area contributed by atoms with Crippen LogP contribution in [0.25, 0.3) is 0 Å². The maximum atomic E-state index is 13.4. The standard InChI is InChI=1S/C15H23FN2S/c1-4-13-5-6-14(16)11-15(13)19-18-9-7-17(8-10-18)12(2)3/h5-6,11-12H,4,7-10H2,1-3H3. The van der Waals surface area contributed by atoms with E-state index in [1.165, 1.54) is 5.56 Å². The van der Waals surface area contributed by atoms with Crippen molar-refractivity contribution in [2.75, 3.05) is 26.2 Å². The largest absolute Gasteiger partial charge is 0.298 e. The van der Waals surface area contributed by atoms with Crippen molar-refractivity contribution < 1.29 is 4.39 Å². The van der Waals surface area contributed by atoms with Crippen molar-refractivity contribution in [1.82, 2.24) is 9.21 Å². The quantitative estimate of drug-likeness (QED) is 0.781. The molecule has 1 heterocycles. The number of aryl methyl sites for hydroxylation is 1. The number of benzene rings is 1. The molecular formula is C15H23FN2S. The zero-order chi connectivity index (χ0) is 13.8. The second kappa shape index (κ2) is 6.73. The second-order valence-corrected chi connectivity index (χ2v) is 6.39. The predicted octanol–water partition coefficient (Wildman–Crippen LogP) is 3.42. The Morgan fingerprint density at radius 2 is 1.89 bits per heavy atom. The lowest BCUT2D eigenvalue weighted by Gasteiger charge is -2.36. The minimum atomic E-state index is -0.138. The van der Waals surface area contributed by atoms with Gasteiger partial charge in [-0.1, -0.05) is 13.0 Å². The normalized spacial score (nSPS) is 18.2. The van der Waals surface area contributed by atoms with Gasteiger partial charge in [-0.3, -0.25) is 4.90 Å². The molecular weight excluding hydrogens is 259 g/mol. The highest BCUT2D eigenvalue weighted by atomic mass is 32.2. The smallest absolute Gasteiger partial charge is 0.124 e. The fraction of sp³-hybridized carbons (Fsp3) is 0.600. The van der Waals surface area contributed by atoms with Crippen LogP contribution in [0.4, 0.5) is 4.39 Å². The Balaban J connectivity index is 1.97. The molecule has 1 aliphatic heterocycles. The molecule has 0 atom stereocenters. The van der Waals surface area contributed by atoms with Crippen molar-refractivity contribution in [3.05, 3.63) is 29.6 Å². The molecule has 1 aliphatic rings. The van der Waals surface area contributed by atoms with Crippen molar-refractivity contribution in [3.8, 4) is 0 Å². The van der Waals surface area contributed by atoms with Gasteiger partial charge in [0.1, 0.15) is 5.82 Å². The van der Waals surface area contributed by atoms with Gasteiger partial charge in [-0.15, -0.1) is 0 Å². The first kappa shape index (κ1) is 14.8. The number of halogens is 1. The lowest BCUT2D eigenvalue weighted by molar-refractivity contribution is 0.160. The minimum absolute atomic E-state index is 0.138. The van der Waals surface area contributed by atoms with Crippen molar-refractivity contribution in [3.63, 3.8) is 0 Å². The van der Waals surface area contributed by atoms with E-state index in [-0.39, 0.29) is 5.82 Å². The lowest BCUT2D eigenvalue weighted by Crippen LogP contribution is -2.46. The van der Waals surface area contributed by atoms with Gasteiger partial charge in [-0.25, -0.2) is 8.70 Å². The molecule has 106 valence electrons. The van der Waals surface area contributed by atoms with Gasteiger partial charge in [0.15, 0.2) is 0 Å². The highest BCUT2D eigenvalue weighted by Gasteiger charge is 2.20. The van der Waals surface area contributed by atoms with E-state index in [0.717, 1.165) is 37.5 Å². The summed E-state index contributed by atoms with van der Waals surface area (Å²) in [6.45, 7) is 10.9. The van der Waals surface area contributed by atoms with Crippen LogP contribution in [-0.2, 0) is 6.42 Å². The highest BCUT2D eigenvalue weighted by molar-refractivity contribution is 7.97. The zero-order valence-electron chi connectivity index (χ0n) is 12.0. The van der Waals surface area contributed by atoms with Crippen molar-refractivity contribution >= 4 is 11.9 Å². The zero-order valence-corrected chi connectivity index (χ0v) is 12.8. The summed E-state index contributed by atoms with van der Waals surface area (Å²) in [7, 11) is 0. The fourth-order valence-electron chi connectivity index (χ4n) is 2.36. The van der Waals surface area contributed by atoms with E-state index in [9.17, 15) is 4.39 Å². The van der Waals surface area contributed by atoms with E-state index >= 15 is 0 Å². The molecule has 0 spiro atoms. The van der Waals surface area contributed by atoms with E-state index in [2.05, 4.69) is 30.0 Å². The number of nitrogens with zero attached hydrogens (tertiary/aromatic N) is 2. The summed E-state index contributed by atoms with van der Waals surface area (Å²) < 4.78 is 15.7. The fourth-order valence-corrected chi connectivity index (χ4v) is 3.47. The number of hydrogen-bond acceptors (Lipinski definition) is 3. The third-order valence-corrected chi connectivity index (χ3v) is 4.84. The first-order valence-corrected chi connectivity index (χ1v) is 7.83. The summed E-state index contributed by atoms with van der Waals surface area (Å²) in [4.78, 5) is 3.56. The van der Waals surface area contributed by atoms with Gasteiger partial charge in [-0.05, 0) is 49.9 Å². The first-order valence-electron chi connectivity index (χ1n) is 7.05. The molecule has 1 aromatic carbocycles. The molecule has 0 saturated carbocycles. The molecule has 0 unspecified atom stereocenters. The molecule has 1 aromatic rings. The topological polar surface area (TPSA) is 6.48 Å². The second-order valence-electron chi connectivity index (χ2n) is 5.26. The van der Waals surface area contributed by atoms with Crippen molar-refractivity contribution in [2.45, 2.75) is 38.1 Å². The Bertz CT molecular complexity index is 415. The molecule has 0 amide bonds. The maximum Gasteiger partial charge on any atom is 0.124 e. The van der Waals surface area contributed by atoms with Gasteiger partial charge in [-0.2, -0.15) is 0 Å². The summed E-state index contributed by atoms with van der Waals surface area (Å²) in [6.07, 6.45) is 0.953. The van der Waals surface area contributed by atoms with Gasteiger partial charge in [0.25, 0.3) is 0 Å². The SMILES string of the molecule is CCc1ccc(F)cc1SN1CCN(C(C)C)CC1. The molecule has 0 radical (unpaired) electrons. The van der Waals surface area contributed by atoms with E-state index in [4.69, 9.17) is 0 Å². The van der Waals surface area contributed by atoms with Crippen LogP contribution in [0.15, 0.2) is 23.1 Å². The summed E-state index contributed by atoms with van der Waals surface area (Å²) in [5.41, 5.74) is 1.23. The van der Waals surface area contributed by atoms with Gasteiger partial charge >= 0.3 is 0 Å². The lowest BCUT2D eigenvalue weighted by atomic mass is 10.2. The number of hydrogen-bond donors (Lipinski definition) is 0. The summed E-state index contributed by atoms with van der Waals surface area (Å²) >= 11 is 1.71. The summed E-state index contributed by atoms with van der Waals surface area (Å²) in [5.74, 6) is -0.138. The average Bonchev–Trinajstić information content (AvgIpc) is 2.39. The summed E-state index contributed by atoms with van der Waals surface area (Å²) in [5, 5.41) is 0. The Hall–Kier alpha value is -0.580.